The van der Waals surface area contributed by atoms with E-state index in [2.05, 4.69) is 0 Å². The van der Waals surface area contributed by atoms with E-state index in [0.29, 0.717) is 15.3 Å². The minimum Gasteiger partial charge on any atom is -0.387 e. The largest absolute Gasteiger partial charge is 0.387 e. The van der Waals surface area contributed by atoms with Crippen LogP contribution in [0.2, 0.25) is 9.36 Å². The van der Waals surface area contributed by atoms with Crippen LogP contribution in [0, 0.1) is 5.92 Å². The lowest BCUT2D eigenvalue weighted by Gasteiger charge is -2.03. The Hall–Kier alpha value is 0.240. The SMILES string of the molecule is OC(c1cc(Cl)c(Cl)s1)C1CC1. The highest BCUT2D eigenvalue weighted by Crippen LogP contribution is 2.45. The standard InChI is InChI=1S/C8H8Cl2OS/c9-5-3-6(12-8(5)10)7(11)4-1-2-4/h3-4,7,11H,1-2H2. The molecule has 1 nitrogen and oxygen atoms in total. The van der Waals surface area contributed by atoms with E-state index in [4.69, 9.17) is 23.2 Å². The van der Waals surface area contributed by atoms with E-state index in [0.717, 1.165) is 17.7 Å². The van der Waals surface area contributed by atoms with Crippen molar-refractivity contribution in [2.75, 3.05) is 0 Å². The molecule has 0 bridgehead atoms. The summed E-state index contributed by atoms with van der Waals surface area (Å²) >= 11 is 12.9. The number of rotatable bonds is 2. The summed E-state index contributed by atoms with van der Waals surface area (Å²) in [5, 5.41) is 10.2. The van der Waals surface area contributed by atoms with Crippen molar-refractivity contribution in [3.8, 4) is 0 Å². The van der Waals surface area contributed by atoms with Gasteiger partial charge >= 0.3 is 0 Å². The second kappa shape index (κ2) is 3.18. The van der Waals surface area contributed by atoms with Gasteiger partial charge in [-0.2, -0.15) is 0 Å². The van der Waals surface area contributed by atoms with E-state index in [1.807, 2.05) is 0 Å². The molecule has 1 aliphatic carbocycles. The van der Waals surface area contributed by atoms with Crippen molar-refractivity contribution >= 4 is 34.5 Å². The minimum atomic E-state index is -0.347. The Morgan fingerprint density at radius 3 is 2.58 bits per heavy atom. The van der Waals surface area contributed by atoms with E-state index < -0.39 is 0 Å². The summed E-state index contributed by atoms with van der Waals surface area (Å²) in [6, 6.07) is 1.76. The monoisotopic (exact) mass is 222 g/mol. The highest BCUT2D eigenvalue weighted by atomic mass is 35.5. The molecule has 2 rings (SSSR count). The second-order valence-corrected chi connectivity index (χ2v) is 5.15. The van der Waals surface area contributed by atoms with E-state index in [1.165, 1.54) is 11.3 Å². The van der Waals surface area contributed by atoms with Crippen molar-refractivity contribution in [1.82, 2.24) is 0 Å². The van der Waals surface area contributed by atoms with Gasteiger partial charge in [0.15, 0.2) is 0 Å². The number of thiophene rings is 1. The fraction of sp³-hybridized carbons (Fsp3) is 0.500. The third kappa shape index (κ3) is 1.62. The van der Waals surface area contributed by atoms with Crippen LogP contribution in [0.15, 0.2) is 6.07 Å². The van der Waals surface area contributed by atoms with Gasteiger partial charge < -0.3 is 5.11 Å². The quantitative estimate of drug-likeness (QED) is 0.813. The molecule has 66 valence electrons. The molecule has 0 aliphatic heterocycles. The van der Waals surface area contributed by atoms with E-state index in [-0.39, 0.29) is 6.10 Å². The van der Waals surface area contributed by atoms with Gasteiger partial charge in [-0.25, -0.2) is 0 Å². The molecule has 1 aromatic rings. The van der Waals surface area contributed by atoms with Gasteiger partial charge in [0.05, 0.1) is 11.1 Å². The summed E-state index contributed by atoms with van der Waals surface area (Å²) in [5.74, 6) is 0.441. The molecular formula is C8H8Cl2OS. The molecule has 0 spiro atoms. The molecule has 4 heteroatoms. The predicted octanol–water partition coefficient (Wildman–Crippen LogP) is 3.50. The predicted molar refractivity (Wildman–Crippen MR) is 52.0 cm³/mol. The Kier molecular flexibility index (Phi) is 2.34. The van der Waals surface area contributed by atoms with Crippen molar-refractivity contribution in [2.24, 2.45) is 5.92 Å². The van der Waals surface area contributed by atoms with Gasteiger partial charge in [-0.1, -0.05) is 23.2 Å². The summed E-state index contributed by atoms with van der Waals surface area (Å²) < 4.78 is 0.575. The first-order valence-electron chi connectivity index (χ1n) is 3.81. The topological polar surface area (TPSA) is 20.2 Å². The third-order valence-electron chi connectivity index (χ3n) is 2.02. The molecular weight excluding hydrogens is 215 g/mol. The summed E-state index contributed by atoms with van der Waals surface area (Å²) in [4.78, 5) is 0.896. The molecule has 1 fully saturated rings. The second-order valence-electron chi connectivity index (χ2n) is 3.05. The number of aliphatic hydroxyl groups is 1. The Bertz CT molecular complexity index is 274. The highest BCUT2D eigenvalue weighted by Gasteiger charge is 2.32. The van der Waals surface area contributed by atoms with Crippen molar-refractivity contribution in [3.05, 3.63) is 20.3 Å². The molecule has 1 N–H and O–H groups in total. The molecule has 0 radical (unpaired) electrons. The van der Waals surface area contributed by atoms with Crippen molar-refractivity contribution in [2.45, 2.75) is 18.9 Å². The maximum absolute atomic E-state index is 9.69. The van der Waals surface area contributed by atoms with Gasteiger partial charge in [0.2, 0.25) is 0 Å². The summed E-state index contributed by atoms with van der Waals surface area (Å²) in [7, 11) is 0. The lowest BCUT2D eigenvalue weighted by molar-refractivity contribution is 0.157. The van der Waals surface area contributed by atoms with Crippen LogP contribution in [-0.4, -0.2) is 5.11 Å². The fourth-order valence-electron chi connectivity index (χ4n) is 1.15. The van der Waals surface area contributed by atoms with Crippen LogP contribution >= 0.6 is 34.5 Å². The lowest BCUT2D eigenvalue weighted by atomic mass is 10.2. The average molecular weight is 223 g/mol. The molecule has 0 amide bonds. The van der Waals surface area contributed by atoms with Crippen LogP contribution in [0.3, 0.4) is 0 Å². The minimum absolute atomic E-state index is 0.347. The molecule has 1 aromatic heterocycles. The van der Waals surface area contributed by atoms with Gasteiger partial charge in [-0.15, -0.1) is 11.3 Å². The Labute approximate surface area is 84.9 Å². The van der Waals surface area contributed by atoms with Gasteiger partial charge in [-0.3, -0.25) is 0 Å². The smallest absolute Gasteiger partial charge is 0.112 e. The molecule has 1 heterocycles. The van der Waals surface area contributed by atoms with Gasteiger partial charge in [0.25, 0.3) is 0 Å². The number of hydrogen-bond donors (Lipinski definition) is 1. The maximum atomic E-state index is 9.69. The van der Waals surface area contributed by atoms with Crippen LogP contribution in [0.5, 0.6) is 0 Å². The number of aliphatic hydroxyl groups excluding tert-OH is 1. The maximum Gasteiger partial charge on any atom is 0.112 e. The van der Waals surface area contributed by atoms with E-state index >= 15 is 0 Å². The van der Waals surface area contributed by atoms with Crippen LogP contribution in [0.1, 0.15) is 23.8 Å². The number of halogens is 2. The van der Waals surface area contributed by atoms with E-state index in [1.54, 1.807) is 6.07 Å². The van der Waals surface area contributed by atoms with Crippen LogP contribution < -0.4 is 0 Å². The van der Waals surface area contributed by atoms with Crippen LogP contribution in [0.4, 0.5) is 0 Å². The third-order valence-corrected chi connectivity index (χ3v) is 3.96. The van der Waals surface area contributed by atoms with Crippen molar-refractivity contribution in [3.63, 3.8) is 0 Å². The molecule has 1 unspecified atom stereocenters. The molecule has 12 heavy (non-hydrogen) atoms. The fourth-order valence-corrected chi connectivity index (χ4v) is 2.63. The van der Waals surface area contributed by atoms with Gasteiger partial charge in [0.1, 0.15) is 4.34 Å². The lowest BCUT2D eigenvalue weighted by Crippen LogP contribution is -1.95. The van der Waals surface area contributed by atoms with Crippen molar-refractivity contribution < 1.29 is 5.11 Å². The zero-order chi connectivity index (χ0) is 8.72. The number of hydrogen-bond acceptors (Lipinski definition) is 2. The Balaban J connectivity index is 2.21. The summed E-state index contributed by atoms with van der Waals surface area (Å²) in [5.41, 5.74) is 0. The van der Waals surface area contributed by atoms with Gasteiger partial charge in [0, 0.05) is 4.88 Å². The first kappa shape index (κ1) is 8.82. The van der Waals surface area contributed by atoms with Gasteiger partial charge in [-0.05, 0) is 24.8 Å². The zero-order valence-electron chi connectivity index (χ0n) is 6.26. The Morgan fingerprint density at radius 2 is 2.17 bits per heavy atom. The zero-order valence-corrected chi connectivity index (χ0v) is 8.59. The normalized spacial score (nSPS) is 19.6. The molecule has 0 aromatic carbocycles. The van der Waals surface area contributed by atoms with Crippen LogP contribution in [-0.2, 0) is 0 Å². The first-order chi connectivity index (χ1) is 5.68. The first-order valence-corrected chi connectivity index (χ1v) is 5.38. The molecule has 1 aliphatic rings. The average Bonchev–Trinajstić information content (AvgIpc) is 2.80. The Morgan fingerprint density at radius 1 is 1.50 bits per heavy atom. The molecule has 1 atom stereocenters. The molecule has 0 saturated heterocycles. The van der Waals surface area contributed by atoms with Crippen molar-refractivity contribution in [1.29, 1.82) is 0 Å². The highest BCUT2D eigenvalue weighted by molar-refractivity contribution is 7.17. The molecule has 1 saturated carbocycles. The summed E-state index contributed by atoms with van der Waals surface area (Å²) in [6.45, 7) is 0. The summed E-state index contributed by atoms with van der Waals surface area (Å²) in [6.07, 6.45) is 1.89. The van der Waals surface area contributed by atoms with E-state index in [9.17, 15) is 5.11 Å². The van der Waals surface area contributed by atoms with Crippen LogP contribution in [0.25, 0.3) is 0 Å².